The van der Waals surface area contributed by atoms with E-state index in [0.717, 1.165) is 0 Å². The average Bonchev–Trinajstić information content (AvgIpc) is 2.61. The molecule has 0 saturated carbocycles. The van der Waals surface area contributed by atoms with E-state index in [2.05, 4.69) is 58.7 Å². The third-order valence-electron chi connectivity index (χ3n) is 3.88. The molecule has 0 fully saturated rings. The summed E-state index contributed by atoms with van der Waals surface area (Å²) in [6, 6.07) is 7.04. The van der Waals surface area contributed by atoms with E-state index >= 15 is 0 Å². The van der Waals surface area contributed by atoms with Gasteiger partial charge >= 0.3 is 117 Å². The zero-order chi connectivity index (χ0) is 12.9. The van der Waals surface area contributed by atoms with E-state index in [1.807, 2.05) is 0 Å². The van der Waals surface area contributed by atoms with Gasteiger partial charge in [0.1, 0.15) is 0 Å². The van der Waals surface area contributed by atoms with E-state index in [0.29, 0.717) is 5.92 Å². The van der Waals surface area contributed by atoms with Crippen LogP contribution in [0.1, 0.15) is 22.6 Å². The summed E-state index contributed by atoms with van der Waals surface area (Å²) < 4.78 is 6.97. The molecule has 0 bridgehead atoms. The van der Waals surface area contributed by atoms with Crippen LogP contribution in [0.3, 0.4) is 0 Å². The smallest absolute Gasteiger partial charge is 1.00 e. The number of aryl methyl sites for hydroxylation is 1. The Hall–Kier alpha value is 0.120. The fourth-order valence-corrected chi connectivity index (χ4v) is 11.7. The summed E-state index contributed by atoms with van der Waals surface area (Å²) in [4.78, 5) is 0. The van der Waals surface area contributed by atoms with E-state index in [-0.39, 0.29) is 24.8 Å². The molecule has 0 nitrogen and oxygen atoms in total. The summed E-state index contributed by atoms with van der Waals surface area (Å²) in [5.41, 5.74) is 6.15. The molecule has 0 spiro atoms. The largest absolute Gasteiger partial charge is 1.00 e. The molecular weight excluding hydrogens is 382 g/mol. The Kier molecular flexibility index (Phi) is 5.89. The third-order valence-corrected chi connectivity index (χ3v) is 11.9. The second-order valence-electron chi connectivity index (χ2n) is 6.39. The van der Waals surface area contributed by atoms with Gasteiger partial charge in [-0.05, 0) is 0 Å². The van der Waals surface area contributed by atoms with E-state index in [1.54, 1.807) is 20.0 Å². The molecule has 1 aromatic carbocycles. The predicted octanol–water partition coefficient (Wildman–Crippen LogP) is -2.53. The number of hydrogen-bond acceptors (Lipinski definition) is 0. The van der Waals surface area contributed by atoms with Crippen molar-refractivity contribution in [2.75, 3.05) is 0 Å². The van der Waals surface area contributed by atoms with Gasteiger partial charge in [-0.3, -0.25) is 0 Å². The van der Waals surface area contributed by atoms with Crippen molar-refractivity contribution in [2.45, 2.75) is 22.1 Å². The molecule has 3 rings (SSSR count). The number of halogens is 2. The van der Waals surface area contributed by atoms with Crippen molar-refractivity contribution in [1.29, 1.82) is 0 Å². The summed E-state index contributed by atoms with van der Waals surface area (Å²) in [7, 11) is 1.39. The maximum Gasteiger partial charge on any atom is -1.00 e. The first-order valence-corrected chi connectivity index (χ1v) is 21.2. The van der Waals surface area contributed by atoms with E-state index < -0.39 is 19.4 Å². The van der Waals surface area contributed by atoms with Crippen LogP contribution in [-0.2, 0) is 19.4 Å². The Balaban J connectivity index is 0.000001000. The van der Waals surface area contributed by atoms with Crippen molar-refractivity contribution in [1.82, 2.24) is 0 Å². The fourth-order valence-electron chi connectivity index (χ4n) is 3.20. The summed E-state index contributed by atoms with van der Waals surface area (Å²) in [5, 5.41) is 0. The molecule has 106 valence electrons. The number of hydrogen-bond donors (Lipinski definition) is 0. The van der Waals surface area contributed by atoms with E-state index in [9.17, 15) is 0 Å². The topological polar surface area (TPSA) is 0 Å². The van der Waals surface area contributed by atoms with Crippen molar-refractivity contribution in [2.24, 2.45) is 0 Å². The maximum absolute atomic E-state index is 2.59. The van der Waals surface area contributed by atoms with Gasteiger partial charge in [0, 0.05) is 0 Å². The molecule has 4 heteroatoms. The second-order valence-corrected chi connectivity index (χ2v) is 33.5. The minimum atomic E-state index is -1.95. The van der Waals surface area contributed by atoms with Gasteiger partial charge in [0.25, 0.3) is 0 Å². The maximum atomic E-state index is 2.59. The zero-order valence-corrected chi connectivity index (χ0v) is 18.3. The molecule has 0 amide bonds. The van der Waals surface area contributed by atoms with Crippen molar-refractivity contribution in [3.8, 4) is 0 Å². The van der Waals surface area contributed by atoms with Gasteiger partial charge in [0.15, 0.2) is 0 Å². The van der Waals surface area contributed by atoms with Crippen LogP contribution in [0.4, 0.5) is 0 Å². The van der Waals surface area contributed by atoms with Gasteiger partial charge in [-0.1, -0.05) is 0 Å². The SMILES string of the molecule is Cc1ccc2c(c1)[C]([Zr+2]([CH3])([CH3])[SiH3])=C1C=CC=CC12.[Cl-].[Cl-]. The molecule has 20 heavy (non-hydrogen) atoms. The fraction of sp³-hybridized carbons (Fsp3) is 0.250. The van der Waals surface area contributed by atoms with Crippen LogP contribution in [0, 0.1) is 6.92 Å². The first kappa shape index (κ1) is 18.2. The number of allylic oxidation sites excluding steroid dienone is 5. The van der Waals surface area contributed by atoms with Crippen LogP contribution in [0.15, 0.2) is 48.1 Å². The number of rotatable bonds is 1. The minimum Gasteiger partial charge on any atom is -1.00 e. The minimum absolute atomic E-state index is 0. The quantitative estimate of drug-likeness (QED) is 0.455. The molecule has 1 atom stereocenters. The predicted molar refractivity (Wildman–Crippen MR) is 80.8 cm³/mol. The molecule has 0 N–H and O–H groups in total. The van der Waals surface area contributed by atoms with Crippen LogP contribution >= 0.6 is 0 Å². The summed E-state index contributed by atoms with van der Waals surface area (Å²) in [6.45, 7) is 2.21. The van der Waals surface area contributed by atoms with Gasteiger partial charge < -0.3 is 24.8 Å². The standard InChI is InChI=1S/C14H11.2CH3.2ClH.H3Si.Zr/c1-10-6-7-14-12(8-10)9-11-4-2-3-5-13(11)14;;;;;;/h2-8,13H,1H3;2*1H3;2*1H;1H3;/q;;;;;;+2/p-2. The van der Waals surface area contributed by atoms with Crippen molar-refractivity contribution in [3.05, 3.63) is 64.8 Å². The van der Waals surface area contributed by atoms with Crippen LogP contribution in [-0.4, -0.2) is 7.37 Å². The molecule has 1 unspecified atom stereocenters. The number of benzene rings is 1. The monoisotopic (exact) mass is 400 g/mol. The third kappa shape index (κ3) is 2.99. The summed E-state index contributed by atoms with van der Waals surface area (Å²) in [6.07, 6.45) is 9.15. The van der Waals surface area contributed by atoms with Crippen molar-refractivity contribution in [3.63, 3.8) is 0 Å². The molecule has 2 aliphatic rings. The first-order chi connectivity index (χ1) is 8.48. The van der Waals surface area contributed by atoms with Gasteiger partial charge in [0.2, 0.25) is 0 Å². The van der Waals surface area contributed by atoms with Gasteiger partial charge in [-0.2, -0.15) is 0 Å². The molecule has 0 saturated heterocycles. The Morgan fingerprint density at radius 3 is 2.45 bits per heavy atom. The van der Waals surface area contributed by atoms with Gasteiger partial charge in [0.05, 0.1) is 0 Å². The average molecular weight is 403 g/mol. The van der Waals surface area contributed by atoms with E-state index in [4.69, 9.17) is 0 Å². The van der Waals surface area contributed by atoms with Crippen LogP contribution in [0.25, 0.3) is 3.28 Å². The van der Waals surface area contributed by atoms with Crippen LogP contribution in [0.5, 0.6) is 0 Å². The molecule has 2 aliphatic carbocycles. The Morgan fingerprint density at radius 2 is 1.80 bits per heavy atom. The first-order valence-electron chi connectivity index (χ1n) is 6.69. The Bertz CT molecular complexity index is 609. The molecule has 0 heterocycles. The van der Waals surface area contributed by atoms with Gasteiger partial charge in [-0.15, -0.1) is 0 Å². The van der Waals surface area contributed by atoms with Gasteiger partial charge in [-0.25, -0.2) is 0 Å². The normalized spacial score (nSPS) is 18.4. The van der Waals surface area contributed by atoms with Crippen LogP contribution < -0.4 is 24.8 Å². The Labute approximate surface area is 141 Å². The summed E-state index contributed by atoms with van der Waals surface area (Å²) in [5.74, 6) is 0.547. The van der Waals surface area contributed by atoms with E-state index in [1.165, 1.54) is 12.9 Å². The molecule has 0 radical (unpaired) electrons. The van der Waals surface area contributed by atoms with Crippen molar-refractivity contribution >= 4 is 10.7 Å². The number of fused-ring (bicyclic) bond motifs is 3. The zero-order valence-electron chi connectivity index (χ0n) is 12.4. The van der Waals surface area contributed by atoms with Crippen LogP contribution in [0.2, 0.25) is 9.26 Å². The Morgan fingerprint density at radius 1 is 1.10 bits per heavy atom. The van der Waals surface area contributed by atoms with Crippen molar-refractivity contribution < 1.29 is 44.2 Å². The molecule has 0 aromatic heterocycles. The molecule has 0 aliphatic heterocycles. The second kappa shape index (κ2) is 6.48. The molecule has 1 aromatic rings. The summed E-state index contributed by atoms with van der Waals surface area (Å²) >= 11 is -1.95. The molecular formula is C16H20Cl2SiZr.